The highest BCUT2D eigenvalue weighted by atomic mass is 35.5. The summed E-state index contributed by atoms with van der Waals surface area (Å²) in [4.78, 5) is 32.4. The molecule has 2 aliphatic heterocycles. The summed E-state index contributed by atoms with van der Waals surface area (Å²) in [6, 6.07) is 16.0. The number of piperazine rings is 1. The maximum absolute atomic E-state index is 13.5. The summed E-state index contributed by atoms with van der Waals surface area (Å²) in [5.41, 5.74) is 2.89. The number of carbonyl (C=O) groups excluding carboxylic acids is 2. The van der Waals surface area contributed by atoms with E-state index in [1.54, 1.807) is 0 Å². The number of amides is 2. The van der Waals surface area contributed by atoms with Gasteiger partial charge in [-0.25, -0.2) is 0 Å². The molecule has 188 valence electrons. The van der Waals surface area contributed by atoms with Gasteiger partial charge in [0.05, 0.1) is 5.56 Å². The molecule has 0 radical (unpaired) electrons. The summed E-state index contributed by atoms with van der Waals surface area (Å²) < 4.78 is 0. The summed E-state index contributed by atoms with van der Waals surface area (Å²) in [5.74, 6) is 0.223. The van der Waals surface area contributed by atoms with Crippen molar-refractivity contribution in [2.45, 2.75) is 46.1 Å². The van der Waals surface area contributed by atoms with E-state index in [1.807, 2.05) is 47.4 Å². The predicted octanol–water partition coefficient (Wildman–Crippen LogP) is 4.82. The zero-order valence-corrected chi connectivity index (χ0v) is 21.9. The van der Waals surface area contributed by atoms with Crippen LogP contribution in [0.2, 0.25) is 5.02 Å². The minimum Gasteiger partial charge on any atom is -0.371 e. The third kappa shape index (κ3) is 6.69. The molecule has 2 heterocycles. The van der Waals surface area contributed by atoms with Crippen molar-refractivity contribution in [2.24, 2.45) is 5.41 Å². The number of benzene rings is 2. The van der Waals surface area contributed by atoms with Crippen molar-refractivity contribution in [3.8, 4) is 0 Å². The molecule has 0 unspecified atom stereocenters. The van der Waals surface area contributed by atoms with Crippen LogP contribution in [-0.2, 0) is 4.79 Å². The van der Waals surface area contributed by atoms with Crippen LogP contribution < -0.4 is 15.1 Å². The molecule has 4 rings (SSSR count). The number of carbonyl (C=O) groups is 2. The van der Waals surface area contributed by atoms with Crippen molar-refractivity contribution in [2.75, 3.05) is 49.1 Å². The van der Waals surface area contributed by atoms with Crippen molar-refractivity contribution < 1.29 is 9.59 Å². The van der Waals surface area contributed by atoms with E-state index in [0.29, 0.717) is 19.5 Å². The van der Waals surface area contributed by atoms with Gasteiger partial charge < -0.3 is 20.0 Å². The lowest BCUT2D eigenvalue weighted by atomic mass is 9.91. The van der Waals surface area contributed by atoms with E-state index in [9.17, 15) is 9.59 Å². The van der Waals surface area contributed by atoms with E-state index in [-0.39, 0.29) is 23.3 Å². The average molecular weight is 497 g/mol. The van der Waals surface area contributed by atoms with E-state index in [1.165, 1.54) is 0 Å². The Hall–Kier alpha value is -2.73. The zero-order chi connectivity index (χ0) is 25.0. The number of nitrogens with one attached hydrogen (secondary N) is 1. The van der Waals surface area contributed by atoms with Crippen LogP contribution in [0.1, 0.15) is 50.4 Å². The number of halogens is 1. The normalized spacial score (nSPS) is 17.4. The SMILES string of the molecule is CC(C)(C)CC(=O)NC1CCN(c2ccccc2C(=O)N2CCN(c3ccc(Cl)cc3)CC2)CC1. The van der Waals surface area contributed by atoms with Crippen LogP contribution in [0.25, 0.3) is 0 Å². The second-order valence-corrected chi connectivity index (χ2v) is 11.3. The summed E-state index contributed by atoms with van der Waals surface area (Å²) in [5, 5.41) is 3.94. The second kappa shape index (κ2) is 10.9. The number of rotatable bonds is 5. The zero-order valence-electron chi connectivity index (χ0n) is 21.1. The lowest BCUT2D eigenvalue weighted by molar-refractivity contribution is -0.123. The molecule has 2 aromatic carbocycles. The van der Waals surface area contributed by atoms with Gasteiger partial charge in [-0.15, -0.1) is 0 Å². The highest BCUT2D eigenvalue weighted by Crippen LogP contribution is 2.27. The van der Waals surface area contributed by atoms with E-state index >= 15 is 0 Å². The molecule has 7 heteroatoms. The average Bonchev–Trinajstić information content (AvgIpc) is 2.83. The lowest BCUT2D eigenvalue weighted by Gasteiger charge is -2.38. The van der Waals surface area contributed by atoms with Gasteiger partial charge in [0.2, 0.25) is 5.91 Å². The third-order valence-corrected chi connectivity index (χ3v) is 7.04. The first-order valence-corrected chi connectivity index (χ1v) is 13.0. The molecule has 0 aliphatic carbocycles. The summed E-state index contributed by atoms with van der Waals surface area (Å²) in [6.07, 6.45) is 2.31. The fourth-order valence-corrected chi connectivity index (χ4v) is 5.07. The molecular formula is C28H37ClN4O2. The lowest BCUT2D eigenvalue weighted by Crippen LogP contribution is -2.49. The van der Waals surface area contributed by atoms with Gasteiger partial charge in [0.15, 0.2) is 0 Å². The number of hydrogen-bond donors (Lipinski definition) is 1. The van der Waals surface area contributed by atoms with Crippen LogP contribution in [-0.4, -0.2) is 62.0 Å². The van der Waals surface area contributed by atoms with Crippen LogP contribution in [0.5, 0.6) is 0 Å². The minimum atomic E-state index is -0.00954. The number of piperidine rings is 1. The van der Waals surface area contributed by atoms with Crippen molar-refractivity contribution in [1.29, 1.82) is 0 Å². The molecule has 0 spiro atoms. The summed E-state index contributed by atoms with van der Waals surface area (Å²) >= 11 is 6.02. The quantitative estimate of drug-likeness (QED) is 0.644. The Balaban J connectivity index is 1.34. The Bertz CT molecular complexity index is 1020. The fourth-order valence-electron chi connectivity index (χ4n) is 4.95. The number of para-hydroxylation sites is 1. The van der Waals surface area contributed by atoms with Crippen molar-refractivity contribution in [1.82, 2.24) is 10.2 Å². The van der Waals surface area contributed by atoms with Gasteiger partial charge in [-0.2, -0.15) is 0 Å². The number of nitrogens with zero attached hydrogens (tertiary/aromatic N) is 3. The Labute approximate surface area is 214 Å². The molecule has 0 saturated carbocycles. The molecule has 1 N–H and O–H groups in total. The van der Waals surface area contributed by atoms with Crippen LogP contribution in [0.3, 0.4) is 0 Å². The molecule has 2 saturated heterocycles. The summed E-state index contributed by atoms with van der Waals surface area (Å²) in [7, 11) is 0. The molecule has 2 aliphatic rings. The standard InChI is InChI=1S/C28H37ClN4O2/c1-28(2,3)20-26(34)30-22-12-14-32(15-13-22)25-7-5-4-6-24(25)27(35)33-18-16-31(17-19-33)23-10-8-21(29)9-11-23/h4-11,22H,12-20H2,1-3H3,(H,30,34). The Morgan fingerprint density at radius 1 is 0.886 bits per heavy atom. The van der Waals surface area contributed by atoms with Crippen molar-refractivity contribution in [3.05, 3.63) is 59.1 Å². The first kappa shape index (κ1) is 25.4. The van der Waals surface area contributed by atoms with Crippen LogP contribution in [0, 0.1) is 5.41 Å². The first-order chi connectivity index (χ1) is 16.7. The van der Waals surface area contributed by atoms with Gasteiger partial charge in [0.1, 0.15) is 0 Å². The summed E-state index contributed by atoms with van der Waals surface area (Å²) in [6.45, 7) is 10.9. The second-order valence-electron chi connectivity index (χ2n) is 10.8. The molecule has 35 heavy (non-hydrogen) atoms. The highest BCUT2D eigenvalue weighted by molar-refractivity contribution is 6.30. The maximum atomic E-state index is 13.5. The van der Waals surface area contributed by atoms with Crippen molar-refractivity contribution in [3.63, 3.8) is 0 Å². The smallest absolute Gasteiger partial charge is 0.256 e. The molecule has 0 atom stereocenters. The largest absolute Gasteiger partial charge is 0.371 e. The molecule has 2 fully saturated rings. The topological polar surface area (TPSA) is 55.9 Å². The fraction of sp³-hybridized carbons (Fsp3) is 0.500. The van der Waals surface area contributed by atoms with Gasteiger partial charge in [0, 0.05) is 68.1 Å². The molecule has 0 bridgehead atoms. The first-order valence-electron chi connectivity index (χ1n) is 12.6. The van der Waals surface area contributed by atoms with Crippen LogP contribution in [0.15, 0.2) is 48.5 Å². The highest BCUT2D eigenvalue weighted by Gasteiger charge is 2.28. The molecule has 2 aromatic rings. The van der Waals surface area contributed by atoms with E-state index in [2.05, 4.69) is 42.0 Å². The molecule has 6 nitrogen and oxygen atoms in total. The molecular weight excluding hydrogens is 460 g/mol. The van der Waals surface area contributed by atoms with Gasteiger partial charge in [-0.05, 0) is 54.7 Å². The Kier molecular flexibility index (Phi) is 7.90. The van der Waals surface area contributed by atoms with Gasteiger partial charge >= 0.3 is 0 Å². The predicted molar refractivity (Wildman–Crippen MR) is 143 cm³/mol. The van der Waals surface area contributed by atoms with Gasteiger partial charge in [-0.3, -0.25) is 9.59 Å². The van der Waals surface area contributed by atoms with Crippen molar-refractivity contribution >= 4 is 34.8 Å². The molecule has 0 aromatic heterocycles. The number of hydrogen-bond acceptors (Lipinski definition) is 4. The Morgan fingerprint density at radius 3 is 2.14 bits per heavy atom. The van der Waals surface area contributed by atoms with Gasteiger partial charge in [0.25, 0.3) is 5.91 Å². The third-order valence-electron chi connectivity index (χ3n) is 6.78. The minimum absolute atomic E-state index is 0.00954. The van der Waals surface area contributed by atoms with E-state index < -0.39 is 0 Å². The maximum Gasteiger partial charge on any atom is 0.256 e. The van der Waals surface area contributed by atoms with Crippen LogP contribution in [0.4, 0.5) is 11.4 Å². The van der Waals surface area contributed by atoms with Gasteiger partial charge in [-0.1, -0.05) is 44.5 Å². The van der Waals surface area contributed by atoms with Crippen LogP contribution >= 0.6 is 11.6 Å². The van der Waals surface area contributed by atoms with E-state index in [0.717, 1.165) is 61.0 Å². The van der Waals surface area contributed by atoms with E-state index in [4.69, 9.17) is 11.6 Å². The number of anilines is 2. The monoisotopic (exact) mass is 496 g/mol. The Morgan fingerprint density at radius 2 is 1.51 bits per heavy atom. The molecule has 2 amide bonds.